The number of nitrogens with one attached hydrogen (secondary N) is 3. The maximum atomic E-state index is 4.78. The molecule has 0 radical (unpaired) electrons. The van der Waals surface area contributed by atoms with Gasteiger partial charge in [-0.1, -0.05) is 0 Å². The van der Waals surface area contributed by atoms with E-state index in [0.29, 0.717) is 12.1 Å². The van der Waals surface area contributed by atoms with Crippen LogP contribution in [0, 0.1) is 0 Å². The van der Waals surface area contributed by atoms with E-state index in [9.17, 15) is 0 Å². The number of nitrogens with zero attached hydrogens (tertiary/aromatic N) is 5. The van der Waals surface area contributed by atoms with Crippen LogP contribution >= 0.6 is 0 Å². The Bertz CT molecular complexity index is 750. The number of rotatable bonds is 7. The summed E-state index contributed by atoms with van der Waals surface area (Å²) in [5.74, 6) is 2.74. The third-order valence-electron chi connectivity index (χ3n) is 4.94. The maximum absolute atomic E-state index is 4.78. The van der Waals surface area contributed by atoms with E-state index >= 15 is 0 Å². The first-order valence-corrected chi connectivity index (χ1v) is 9.70. The Morgan fingerprint density at radius 3 is 2.88 bits per heavy atom. The summed E-state index contributed by atoms with van der Waals surface area (Å²) in [5, 5.41) is 18.7. The molecule has 0 spiro atoms. The van der Waals surface area contributed by atoms with Gasteiger partial charge in [-0.05, 0) is 39.7 Å². The fourth-order valence-corrected chi connectivity index (χ4v) is 3.34. The molecule has 0 saturated heterocycles. The quantitative estimate of drug-likeness (QED) is 0.693. The summed E-state index contributed by atoms with van der Waals surface area (Å²) >= 11 is 0. The molecular weight excluding hydrogens is 328 g/mol. The molecule has 3 heterocycles. The molecule has 0 atom stereocenters. The lowest BCUT2D eigenvalue weighted by Gasteiger charge is -2.16. The second kappa shape index (κ2) is 7.57. The predicted molar refractivity (Wildman–Crippen MR) is 102 cm³/mol. The molecule has 2 aromatic heterocycles. The van der Waals surface area contributed by atoms with Crippen molar-refractivity contribution in [3.63, 3.8) is 0 Å². The Kier molecular flexibility index (Phi) is 5.01. The number of anilines is 2. The minimum Gasteiger partial charge on any atom is -0.369 e. The molecule has 26 heavy (non-hydrogen) atoms. The first-order chi connectivity index (χ1) is 12.7. The third-order valence-corrected chi connectivity index (χ3v) is 4.94. The predicted octanol–water partition coefficient (Wildman–Crippen LogP) is 1.57. The van der Waals surface area contributed by atoms with Gasteiger partial charge in [0, 0.05) is 43.6 Å². The summed E-state index contributed by atoms with van der Waals surface area (Å²) < 4.78 is 2.12. The number of hydrogen-bond donors (Lipinski definition) is 3. The molecule has 1 fully saturated rings. The molecule has 1 aliphatic carbocycles. The molecule has 4 rings (SSSR count). The molecule has 3 N–H and O–H groups in total. The Hall–Kier alpha value is -2.22. The average molecular weight is 356 g/mol. The van der Waals surface area contributed by atoms with E-state index in [0.717, 1.165) is 56.5 Å². The molecule has 1 saturated carbocycles. The van der Waals surface area contributed by atoms with Crippen LogP contribution in [0.25, 0.3) is 0 Å². The maximum Gasteiger partial charge on any atom is 0.225 e. The minimum atomic E-state index is 0.371. The molecule has 8 nitrogen and oxygen atoms in total. The zero-order valence-corrected chi connectivity index (χ0v) is 15.6. The van der Waals surface area contributed by atoms with Crippen molar-refractivity contribution in [2.24, 2.45) is 0 Å². The van der Waals surface area contributed by atoms with Crippen molar-refractivity contribution < 1.29 is 0 Å². The highest BCUT2D eigenvalue weighted by atomic mass is 15.3. The Balaban J connectivity index is 1.49. The van der Waals surface area contributed by atoms with E-state index in [1.807, 2.05) is 0 Å². The lowest BCUT2D eigenvalue weighted by molar-refractivity contribution is 0.568. The van der Waals surface area contributed by atoms with Crippen LogP contribution in [0.15, 0.2) is 6.33 Å². The van der Waals surface area contributed by atoms with E-state index in [-0.39, 0.29) is 0 Å². The van der Waals surface area contributed by atoms with E-state index in [4.69, 9.17) is 9.97 Å². The highest BCUT2D eigenvalue weighted by Gasteiger charge is 2.24. The molecule has 8 heteroatoms. The summed E-state index contributed by atoms with van der Waals surface area (Å²) in [5.41, 5.74) is 2.42. The SMILES string of the molecule is CC(C)n1cnnc1CCNc1nc(NC2CC2)nc2c1CCNCC2. The van der Waals surface area contributed by atoms with E-state index in [1.165, 1.54) is 24.1 Å². The van der Waals surface area contributed by atoms with Crippen molar-refractivity contribution >= 4 is 11.8 Å². The van der Waals surface area contributed by atoms with Crippen molar-refractivity contribution in [2.45, 2.75) is 58.0 Å². The van der Waals surface area contributed by atoms with Crippen LogP contribution in [-0.4, -0.2) is 50.4 Å². The molecule has 2 aromatic rings. The first-order valence-electron chi connectivity index (χ1n) is 9.70. The summed E-state index contributed by atoms with van der Waals surface area (Å²) in [7, 11) is 0. The highest BCUT2D eigenvalue weighted by Crippen LogP contribution is 2.26. The first kappa shape index (κ1) is 17.2. The molecule has 0 aromatic carbocycles. The van der Waals surface area contributed by atoms with Gasteiger partial charge in [0.1, 0.15) is 18.0 Å². The van der Waals surface area contributed by atoms with Gasteiger partial charge in [0.05, 0.1) is 5.69 Å². The largest absolute Gasteiger partial charge is 0.369 e. The summed E-state index contributed by atoms with van der Waals surface area (Å²) in [6.45, 7) is 7.03. The van der Waals surface area contributed by atoms with Gasteiger partial charge in [-0.25, -0.2) is 4.98 Å². The van der Waals surface area contributed by atoms with Gasteiger partial charge < -0.3 is 20.5 Å². The summed E-state index contributed by atoms with van der Waals surface area (Å²) in [4.78, 5) is 9.56. The molecular formula is C18H28N8. The second-order valence-electron chi connectivity index (χ2n) is 7.41. The Morgan fingerprint density at radius 2 is 2.08 bits per heavy atom. The highest BCUT2D eigenvalue weighted by molar-refractivity contribution is 5.52. The monoisotopic (exact) mass is 356 g/mol. The van der Waals surface area contributed by atoms with Crippen LogP contribution in [0.1, 0.15) is 49.8 Å². The van der Waals surface area contributed by atoms with Crippen molar-refractivity contribution in [1.82, 2.24) is 30.0 Å². The molecule has 140 valence electrons. The van der Waals surface area contributed by atoms with E-state index < -0.39 is 0 Å². The van der Waals surface area contributed by atoms with Crippen LogP contribution in [0.3, 0.4) is 0 Å². The minimum absolute atomic E-state index is 0.371. The Labute approximate surface area is 154 Å². The number of aromatic nitrogens is 5. The normalized spacial score (nSPS) is 17.0. The standard InChI is InChI=1S/C18H28N8/c1-12(2)26-11-21-25-16(26)7-10-20-17-14-5-8-19-9-6-15(14)23-18(24-17)22-13-3-4-13/h11-13,19H,3-10H2,1-2H3,(H2,20,22,23,24). The van der Waals surface area contributed by atoms with Crippen molar-refractivity contribution in [1.29, 1.82) is 0 Å². The van der Waals surface area contributed by atoms with Crippen molar-refractivity contribution in [3.8, 4) is 0 Å². The van der Waals surface area contributed by atoms with Crippen molar-refractivity contribution in [3.05, 3.63) is 23.4 Å². The van der Waals surface area contributed by atoms with Crippen LogP contribution in [0.2, 0.25) is 0 Å². The van der Waals surface area contributed by atoms with Crippen LogP contribution < -0.4 is 16.0 Å². The van der Waals surface area contributed by atoms with Gasteiger partial charge in [-0.3, -0.25) is 0 Å². The molecule has 0 unspecified atom stereocenters. The molecule has 0 bridgehead atoms. The molecule has 0 amide bonds. The fraction of sp³-hybridized carbons (Fsp3) is 0.667. The van der Waals surface area contributed by atoms with E-state index in [1.54, 1.807) is 6.33 Å². The lowest BCUT2D eigenvalue weighted by atomic mass is 10.1. The van der Waals surface area contributed by atoms with Gasteiger partial charge in [-0.2, -0.15) is 4.98 Å². The van der Waals surface area contributed by atoms with Gasteiger partial charge in [0.2, 0.25) is 5.95 Å². The average Bonchev–Trinajstić information content (AvgIpc) is 3.35. The number of hydrogen-bond acceptors (Lipinski definition) is 7. The molecule has 2 aliphatic rings. The topological polar surface area (TPSA) is 92.6 Å². The lowest BCUT2D eigenvalue weighted by Crippen LogP contribution is -2.17. The van der Waals surface area contributed by atoms with Crippen LogP contribution in [0.5, 0.6) is 0 Å². The van der Waals surface area contributed by atoms with Crippen LogP contribution in [0.4, 0.5) is 11.8 Å². The van der Waals surface area contributed by atoms with Crippen LogP contribution in [-0.2, 0) is 19.3 Å². The summed E-state index contributed by atoms with van der Waals surface area (Å²) in [6, 6.07) is 0.921. The van der Waals surface area contributed by atoms with Crippen molar-refractivity contribution in [2.75, 3.05) is 30.3 Å². The zero-order chi connectivity index (χ0) is 17.9. The summed E-state index contributed by atoms with van der Waals surface area (Å²) in [6.07, 6.45) is 6.98. The molecule has 1 aliphatic heterocycles. The van der Waals surface area contributed by atoms with Gasteiger partial charge in [-0.15, -0.1) is 10.2 Å². The smallest absolute Gasteiger partial charge is 0.225 e. The van der Waals surface area contributed by atoms with Gasteiger partial charge >= 0.3 is 0 Å². The zero-order valence-electron chi connectivity index (χ0n) is 15.6. The second-order valence-corrected chi connectivity index (χ2v) is 7.41. The third kappa shape index (κ3) is 3.95. The Morgan fingerprint density at radius 1 is 1.23 bits per heavy atom. The van der Waals surface area contributed by atoms with Gasteiger partial charge in [0.25, 0.3) is 0 Å². The number of fused-ring (bicyclic) bond motifs is 1. The van der Waals surface area contributed by atoms with Gasteiger partial charge in [0.15, 0.2) is 0 Å². The van der Waals surface area contributed by atoms with E-state index in [2.05, 4.69) is 44.6 Å². The fourth-order valence-electron chi connectivity index (χ4n) is 3.34.